The summed E-state index contributed by atoms with van der Waals surface area (Å²) >= 11 is 0. The second-order valence-electron chi connectivity index (χ2n) is 1.13. The molecule has 0 aromatic heterocycles. The Morgan fingerprint density at radius 2 is 0.312 bits per heavy atom. The van der Waals surface area contributed by atoms with Gasteiger partial charge >= 0.3 is 541 Å². The van der Waals surface area contributed by atoms with Crippen LogP contribution in [-0.2, 0) is 17.8 Å². The van der Waals surface area contributed by atoms with Crippen LogP contribution in [-0.4, -0.2) is 590 Å². The van der Waals surface area contributed by atoms with Crippen molar-refractivity contribution in [3.8, 4) is 0 Å². The zero-order valence-electron chi connectivity index (χ0n) is 8.62. The molecule has 32 heavy (non-hydrogen) atoms. The van der Waals surface area contributed by atoms with Gasteiger partial charge in [0, 0.05) is 0 Å². The average Bonchev–Trinajstić information content (AvgIpc) is 1.76. The number of hydrogen-bond acceptors (Lipinski definition) is 4. The SMILES string of the molecule is F.O.O.O=[Si](O)O.O=[Si](O)O.O=[Si](O)O.O=[Si](O)O.[CaH2].[CaH2].[CaH2].[CaH2].[CaH2].[CaH2].[CaH2].[CaH2].[CaH2].[CaH2].[CaH2].[CaH2].[KH]. The van der Waals surface area contributed by atoms with Crippen LogP contribution in [0.3, 0.4) is 0 Å². The standard InChI is InChI=1S/12Ca.FH.K.4H2O3Si.2H2O.25H/c;;;;;;;;;;;;;;4*1-4(2)3;;;;;;;;;;;;;;;;;;;;;;;;;;;/h;;;;;;;;;;;;1H;;4*1-2H;2*1H2;;;;;;;;;;;;;;;;;;;;;;;;;. The summed E-state index contributed by atoms with van der Waals surface area (Å²) in [5, 5.41) is 0. The molecule has 0 amide bonds. The van der Waals surface area contributed by atoms with Gasteiger partial charge in [-0.25, -0.2) is 0 Å². The van der Waals surface area contributed by atoms with Crippen LogP contribution in [0.15, 0.2) is 0 Å². The fourth-order valence-corrected chi connectivity index (χ4v) is 0. The fraction of sp³-hybridized carbons (Fsp3) is 0. The van der Waals surface area contributed by atoms with Gasteiger partial charge in [0.05, 0.1) is 0 Å². The first-order valence-electron chi connectivity index (χ1n) is 2.61. The summed E-state index contributed by atoms with van der Waals surface area (Å²) in [4.78, 5) is 57.3. The summed E-state index contributed by atoms with van der Waals surface area (Å²) in [5.41, 5.74) is 0. The van der Waals surface area contributed by atoms with E-state index in [1.165, 1.54) is 0 Å². The quantitative estimate of drug-likeness (QED) is 0.105. The molecule has 0 heterocycles. The Morgan fingerprint density at radius 1 is 0.312 bits per heavy atom. The molecule has 0 unspecified atom stereocenters. The van der Waals surface area contributed by atoms with E-state index in [-0.39, 0.29) is 520 Å². The normalized spacial score (nSPS) is 3.00. The molecule has 12 N–H and O–H groups in total. The third kappa shape index (κ3) is 385. The first-order valence-corrected chi connectivity index (χ1v) is 7.82. The van der Waals surface area contributed by atoms with E-state index in [1.54, 1.807) is 0 Å². The molecule has 170 valence electrons. The second-order valence-corrected chi connectivity index (χ2v) is 3.39. The molecule has 0 radical (unpaired) electrons. The Labute approximate surface area is 592 Å². The molecule has 0 aliphatic heterocycles. The van der Waals surface area contributed by atoms with Gasteiger partial charge in [-0.2, -0.15) is 0 Å². The summed E-state index contributed by atoms with van der Waals surface area (Å²) in [6.45, 7) is 0. The molecule has 0 aliphatic carbocycles. The molecular weight excluding hydrogens is 875 g/mol. The molecule has 0 aliphatic rings. The van der Waals surface area contributed by atoms with E-state index in [4.69, 9.17) is 56.2 Å². The Morgan fingerprint density at radius 3 is 0.312 bits per heavy atom. The van der Waals surface area contributed by atoms with Crippen LogP contribution >= 0.6 is 0 Å². The molecule has 0 saturated carbocycles. The Kier molecular flexibility index (Phi) is 544. The van der Waals surface area contributed by atoms with Crippen molar-refractivity contribution in [2.75, 3.05) is 0 Å². The van der Waals surface area contributed by atoms with Crippen molar-refractivity contribution >= 4 is 541 Å². The Hall–Kier alpha value is 15.1. The number of hydrogen-bond donors (Lipinski definition) is 8. The molecule has 0 fully saturated rings. The molecular formula is H38Ca12FKO14Si4. The second kappa shape index (κ2) is 128. The predicted octanol–water partition coefficient (Wildman–Crippen LogP) is -19.6. The summed E-state index contributed by atoms with van der Waals surface area (Å²) < 4.78 is 35.0. The minimum absolute atomic E-state index is 0. The zero-order valence-corrected chi connectivity index (χ0v) is 12.6. The van der Waals surface area contributed by atoms with E-state index in [2.05, 4.69) is 0 Å². The van der Waals surface area contributed by atoms with Gasteiger partial charge < -0.3 is 49.3 Å². The first kappa shape index (κ1) is 136. The van der Waals surface area contributed by atoms with Gasteiger partial charge in [-0.15, -0.1) is 0 Å². The van der Waals surface area contributed by atoms with Crippen molar-refractivity contribution in [1.82, 2.24) is 0 Å². The van der Waals surface area contributed by atoms with Gasteiger partial charge in [-0.3, -0.25) is 22.6 Å². The van der Waals surface area contributed by atoms with E-state index in [9.17, 15) is 0 Å². The van der Waals surface area contributed by atoms with Gasteiger partial charge in [0.15, 0.2) is 0 Å². The number of rotatable bonds is 0. The summed E-state index contributed by atoms with van der Waals surface area (Å²) in [6.07, 6.45) is 0. The van der Waals surface area contributed by atoms with E-state index in [1.807, 2.05) is 0 Å². The van der Waals surface area contributed by atoms with Crippen LogP contribution in [0.5, 0.6) is 0 Å². The maximum absolute atomic E-state index is 8.74. The van der Waals surface area contributed by atoms with Crippen molar-refractivity contribution in [2.45, 2.75) is 0 Å². The molecule has 32 heteroatoms. The van der Waals surface area contributed by atoms with Gasteiger partial charge in [0.25, 0.3) is 0 Å². The monoisotopic (exact) mass is 912 g/mol. The van der Waals surface area contributed by atoms with E-state index in [0.29, 0.717) is 0 Å². The van der Waals surface area contributed by atoms with Crippen LogP contribution < -0.4 is 0 Å². The molecule has 0 bridgehead atoms. The fourth-order valence-electron chi connectivity index (χ4n) is 0. The van der Waals surface area contributed by atoms with Crippen LogP contribution in [0.1, 0.15) is 0 Å². The van der Waals surface area contributed by atoms with Crippen LogP contribution in [0.25, 0.3) is 0 Å². The van der Waals surface area contributed by atoms with Crippen molar-refractivity contribution in [3.05, 3.63) is 0 Å². The van der Waals surface area contributed by atoms with E-state index >= 15 is 0 Å². The molecule has 0 aromatic rings. The topological polar surface area (TPSA) is 293 Å². The summed E-state index contributed by atoms with van der Waals surface area (Å²) in [5.74, 6) is 0. The molecule has 0 aromatic carbocycles. The number of halogens is 1. The molecule has 14 nitrogen and oxygen atoms in total. The first-order chi connectivity index (χ1) is 6.93. The molecule has 0 spiro atoms. The predicted molar refractivity (Wildman–Crippen MR) is 163 cm³/mol. The molecule has 0 atom stereocenters. The van der Waals surface area contributed by atoms with E-state index < -0.39 is 36.7 Å². The Bertz CT molecular complexity index is 196. The average molecular weight is 914 g/mol. The van der Waals surface area contributed by atoms with Crippen molar-refractivity contribution in [3.63, 3.8) is 0 Å². The van der Waals surface area contributed by atoms with Crippen molar-refractivity contribution < 1.29 is 71.9 Å². The van der Waals surface area contributed by atoms with Gasteiger partial charge in [-0.1, -0.05) is 0 Å². The molecule has 0 rings (SSSR count). The van der Waals surface area contributed by atoms with Gasteiger partial charge in [0.2, 0.25) is 0 Å². The van der Waals surface area contributed by atoms with Crippen molar-refractivity contribution in [2.24, 2.45) is 0 Å². The maximum atomic E-state index is 8.74. The van der Waals surface area contributed by atoms with Crippen LogP contribution in [0.2, 0.25) is 0 Å². The van der Waals surface area contributed by atoms with Gasteiger partial charge in [-0.05, 0) is 0 Å². The Balaban J connectivity index is -0.00000000286. The third-order valence-corrected chi connectivity index (χ3v) is 0. The third-order valence-electron chi connectivity index (χ3n) is 0. The zero-order chi connectivity index (χ0) is 14.3. The van der Waals surface area contributed by atoms with Crippen LogP contribution in [0.4, 0.5) is 4.70 Å². The summed E-state index contributed by atoms with van der Waals surface area (Å²) in [7, 11) is -12.5. The summed E-state index contributed by atoms with van der Waals surface area (Å²) in [6, 6.07) is 0. The van der Waals surface area contributed by atoms with Crippen molar-refractivity contribution in [1.29, 1.82) is 0 Å². The molecule has 0 saturated heterocycles. The minimum atomic E-state index is -3.13. The van der Waals surface area contributed by atoms with E-state index in [0.717, 1.165) is 0 Å². The van der Waals surface area contributed by atoms with Crippen LogP contribution in [0, 0.1) is 0 Å². The van der Waals surface area contributed by atoms with Gasteiger partial charge in [0.1, 0.15) is 0 Å².